The van der Waals surface area contributed by atoms with Gasteiger partial charge in [-0.25, -0.2) is 4.79 Å². The molecular formula is C17H22BrNO4. The zero-order valence-corrected chi connectivity index (χ0v) is 15.2. The Morgan fingerprint density at radius 1 is 1.30 bits per heavy atom. The van der Waals surface area contributed by atoms with Crippen LogP contribution in [0.15, 0.2) is 28.7 Å². The van der Waals surface area contributed by atoms with Crippen molar-refractivity contribution in [2.45, 2.75) is 32.3 Å². The summed E-state index contributed by atoms with van der Waals surface area (Å²) < 4.78 is 11.4. The number of likely N-dealkylation sites (tertiary alicyclic amines) is 1. The van der Waals surface area contributed by atoms with Crippen molar-refractivity contribution in [3.8, 4) is 0 Å². The van der Waals surface area contributed by atoms with Gasteiger partial charge < -0.3 is 14.4 Å². The van der Waals surface area contributed by atoms with E-state index < -0.39 is 5.60 Å². The zero-order chi connectivity index (χ0) is 17.0. The highest BCUT2D eigenvalue weighted by Crippen LogP contribution is 2.34. The predicted octanol–water partition coefficient (Wildman–Crippen LogP) is 3.57. The molecule has 5 nitrogen and oxygen atoms in total. The van der Waals surface area contributed by atoms with Crippen LogP contribution >= 0.6 is 15.9 Å². The lowest BCUT2D eigenvalue weighted by atomic mass is 9.89. The fraction of sp³-hybridized carbons (Fsp3) is 0.529. The van der Waals surface area contributed by atoms with Gasteiger partial charge in [-0.15, -0.1) is 0 Å². The molecular weight excluding hydrogens is 362 g/mol. The minimum Gasteiger partial charge on any atom is -0.468 e. The van der Waals surface area contributed by atoms with Crippen LogP contribution in [-0.4, -0.2) is 42.8 Å². The summed E-state index contributed by atoms with van der Waals surface area (Å²) in [6.07, 6.45) is -0.326. The molecule has 126 valence electrons. The Labute approximate surface area is 145 Å². The van der Waals surface area contributed by atoms with Gasteiger partial charge >= 0.3 is 6.09 Å². The molecule has 1 aliphatic rings. The van der Waals surface area contributed by atoms with E-state index in [9.17, 15) is 9.59 Å². The normalized spacial score (nSPS) is 21.1. The van der Waals surface area contributed by atoms with Gasteiger partial charge in [0.1, 0.15) is 5.60 Å². The summed E-state index contributed by atoms with van der Waals surface area (Å²) in [5, 5.41) is 0. The number of halogens is 1. The molecule has 0 radical (unpaired) electrons. The first-order valence-electron chi connectivity index (χ1n) is 7.59. The number of nitrogens with zero attached hydrogens (tertiary/aromatic N) is 1. The molecule has 23 heavy (non-hydrogen) atoms. The van der Waals surface area contributed by atoms with E-state index >= 15 is 0 Å². The molecule has 1 aromatic carbocycles. The van der Waals surface area contributed by atoms with Crippen LogP contribution in [0.25, 0.3) is 0 Å². The first-order valence-corrected chi connectivity index (χ1v) is 8.38. The van der Waals surface area contributed by atoms with Crippen LogP contribution in [0.4, 0.5) is 4.79 Å². The van der Waals surface area contributed by atoms with Crippen LogP contribution in [0.1, 0.15) is 32.3 Å². The molecule has 0 aromatic heterocycles. The number of carbonyl (C=O) groups excluding carboxylic acids is 2. The second kappa shape index (κ2) is 7.34. The van der Waals surface area contributed by atoms with E-state index in [0.29, 0.717) is 26.2 Å². The molecule has 2 atom stereocenters. The molecule has 0 N–H and O–H groups in total. The molecule has 1 heterocycles. The number of rotatable bonds is 4. The van der Waals surface area contributed by atoms with Crippen molar-refractivity contribution in [3.63, 3.8) is 0 Å². The van der Waals surface area contributed by atoms with E-state index in [1.807, 2.05) is 45.0 Å². The molecule has 0 bridgehead atoms. The summed E-state index contributed by atoms with van der Waals surface area (Å²) in [5.41, 5.74) is 0.598. The Kier molecular flexibility index (Phi) is 5.68. The van der Waals surface area contributed by atoms with E-state index in [2.05, 4.69) is 15.9 Å². The number of hydrogen-bond donors (Lipinski definition) is 0. The third kappa shape index (κ3) is 4.96. The standard InChI is InChI=1S/C17H22BrNO4/c1-17(2,3)23-16(21)19-8-13(10-22-11-20)15(9-19)12-4-6-14(18)7-5-12/h4-7,11,13,15H,8-10H2,1-3H3/t13-,15-/m0/s1. The molecule has 1 amide bonds. The Morgan fingerprint density at radius 3 is 2.52 bits per heavy atom. The largest absolute Gasteiger partial charge is 0.468 e. The number of amides is 1. The lowest BCUT2D eigenvalue weighted by Crippen LogP contribution is -2.35. The van der Waals surface area contributed by atoms with Crippen LogP contribution in [0.5, 0.6) is 0 Å². The second-order valence-electron chi connectivity index (χ2n) is 6.73. The quantitative estimate of drug-likeness (QED) is 0.745. The van der Waals surface area contributed by atoms with Crippen LogP contribution in [0.3, 0.4) is 0 Å². The molecule has 1 saturated heterocycles. The Morgan fingerprint density at radius 2 is 1.96 bits per heavy atom. The van der Waals surface area contributed by atoms with Gasteiger partial charge in [-0.05, 0) is 38.5 Å². The Balaban J connectivity index is 2.13. The monoisotopic (exact) mass is 383 g/mol. The smallest absolute Gasteiger partial charge is 0.410 e. The SMILES string of the molecule is CC(C)(C)OC(=O)N1C[C@@H](COC=O)[C@H](c2ccc(Br)cc2)C1. The lowest BCUT2D eigenvalue weighted by molar-refractivity contribution is -0.129. The highest BCUT2D eigenvalue weighted by Gasteiger charge is 2.38. The van der Waals surface area contributed by atoms with Gasteiger partial charge in [-0.2, -0.15) is 0 Å². The van der Waals surface area contributed by atoms with E-state index in [4.69, 9.17) is 9.47 Å². The second-order valence-corrected chi connectivity index (χ2v) is 7.65. The van der Waals surface area contributed by atoms with Crippen LogP contribution in [0.2, 0.25) is 0 Å². The van der Waals surface area contributed by atoms with E-state index in [1.54, 1.807) is 4.90 Å². The first-order chi connectivity index (χ1) is 10.8. The van der Waals surface area contributed by atoms with Gasteiger partial charge in [0.15, 0.2) is 0 Å². The molecule has 0 aliphatic carbocycles. The molecule has 1 aromatic rings. The lowest BCUT2D eigenvalue weighted by Gasteiger charge is -2.24. The topological polar surface area (TPSA) is 55.8 Å². The van der Waals surface area contributed by atoms with Crippen molar-refractivity contribution in [3.05, 3.63) is 34.3 Å². The van der Waals surface area contributed by atoms with Crippen LogP contribution < -0.4 is 0 Å². The summed E-state index contributed by atoms with van der Waals surface area (Å²) >= 11 is 3.42. The van der Waals surface area contributed by atoms with Gasteiger partial charge in [-0.3, -0.25) is 4.79 Å². The average Bonchev–Trinajstić information content (AvgIpc) is 2.88. The van der Waals surface area contributed by atoms with Crippen molar-refractivity contribution in [1.29, 1.82) is 0 Å². The maximum Gasteiger partial charge on any atom is 0.410 e. The summed E-state index contributed by atoms with van der Waals surface area (Å²) in [5.74, 6) is 0.185. The van der Waals surface area contributed by atoms with Crippen molar-refractivity contribution < 1.29 is 19.1 Å². The maximum atomic E-state index is 12.3. The molecule has 1 fully saturated rings. The Bertz CT molecular complexity index is 553. The van der Waals surface area contributed by atoms with Crippen molar-refractivity contribution in [2.24, 2.45) is 5.92 Å². The molecule has 1 aliphatic heterocycles. The Hall–Kier alpha value is -1.56. The van der Waals surface area contributed by atoms with Crippen molar-refractivity contribution in [1.82, 2.24) is 4.90 Å². The highest BCUT2D eigenvalue weighted by molar-refractivity contribution is 9.10. The zero-order valence-electron chi connectivity index (χ0n) is 13.6. The molecule has 6 heteroatoms. The number of benzene rings is 1. The van der Waals surface area contributed by atoms with Crippen molar-refractivity contribution in [2.75, 3.05) is 19.7 Å². The minimum atomic E-state index is -0.526. The summed E-state index contributed by atoms with van der Waals surface area (Å²) in [7, 11) is 0. The van der Waals surface area contributed by atoms with Gasteiger partial charge in [0.25, 0.3) is 6.47 Å². The molecule has 0 unspecified atom stereocenters. The van der Waals surface area contributed by atoms with Crippen molar-refractivity contribution >= 4 is 28.5 Å². The van der Waals surface area contributed by atoms with E-state index in [1.165, 1.54) is 0 Å². The number of ether oxygens (including phenoxy) is 2. The van der Waals surface area contributed by atoms with E-state index in [0.717, 1.165) is 10.0 Å². The van der Waals surface area contributed by atoms with Gasteiger partial charge in [-0.1, -0.05) is 28.1 Å². The fourth-order valence-corrected chi connectivity index (χ4v) is 3.03. The summed E-state index contributed by atoms with van der Waals surface area (Å²) in [4.78, 5) is 24.5. The molecule has 0 spiro atoms. The van der Waals surface area contributed by atoms with Crippen LogP contribution in [-0.2, 0) is 14.3 Å². The maximum absolute atomic E-state index is 12.3. The number of hydrogen-bond acceptors (Lipinski definition) is 4. The first kappa shape index (κ1) is 17.8. The fourth-order valence-electron chi connectivity index (χ4n) is 2.77. The van der Waals surface area contributed by atoms with Crippen LogP contribution in [0, 0.1) is 5.92 Å². The predicted molar refractivity (Wildman–Crippen MR) is 90.2 cm³/mol. The third-order valence-electron chi connectivity index (χ3n) is 3.77. The average molecular weight is 384 g/mol. The van der Waals surface area contributed by atoms with Gasteiger partial charge in [0.2, 0.25) is 0 Å². The number of carbonyl (C=O) groups is 2. The molecule has 0 saturated carbocycles. The van der Waals surface area contributed by atoms with Gasteiger partial charge in [0.05, 0.1) is 6.61 Å². The third-order valence-corrected chi connectivity index (χ3v) is 4.30. The summed E-state index contributed by atoms with van der Waals surface area (Å²) in [6, 6.07) is 8.01. The van der Waals surface area contributed by atoms with Gasteiger partial charge in [0, 0.05) is 29.4 Å². The highest BCUT2D eigenvalue weighted by atomic mass is 79.9. The van der Waals surface area contributed by atoms with E-state index in [-0.39, 0.29) is 17.9 Å². The summed E-state index contributed by atoms with van der Waals surface area (Å²) in [6.45, 7) is 7.37. The minimum absolute atomic E-state index is 0.0638. The molecule has 2 rings (SSSR count).